The van der Waals surface area contributed by atoms with Gasteiger partial charge in [-0.3, -0.25) is 0 Å². The molecule has 1 fully saturated rings. The predicted molar refractivity (Wildman–Crippen MR) is 179 cm³/mol. The van der Waals surface area contributed by atoms with Crippen molar-refractivity contribution in [2.24, 2.45) is 0 Å². The maximum atomic E-state index is 4.22. The van der Waals surface area contributed by atoms with Gasteiger partial charge in [-0.2, -0.15) is 17.7 Å². The Balaban J connectivity index is 0.000000231. The van der Waals surface area contributed by atoms with Crippen LogP contribution in [0.5, 0.6) is 0 Å². The molecule has 232 valence electrons. The molecule has 1 aliphatic heterocycles. The van der Waals surface area contributed by atoms with Crippen molar-refractivity contribution < 1.29 is 24.7 Å². The molecule has 0 spiro atoms. The molecular formula is C41H45IrN3+. The summed E-state index contributed by atoms with van der Waals surface area (Å²) in [5, 5.41) is 0. The van der Waals surface area contributed by atoms with Gasteiger partial charge >= 0.3 is 20.1 Å². The van der Waals surface area contributed by atoms with Gasteiger partial charge in [-0.1, -0.05) is 101 Å². The average Bonchev–Trinajstić information content (AvgIpc) is 3.44. The maximum absolute atomic E-state index is 4.22. The number of hydrogen-bond acceptors (Lipinski definition) is 1. The zero-order chi connectivity index (χ0) is 30.7. The van der Waals surface area contributed by atoms with Gasteiger partial charge in [-0.25, -0.2) is 0 Å². The fraction of sp³-hybridized carbons (Fsp3) is 0.415. The minimum atomic E-state index is -0.0510. The van der Waals surface area contributed by atoms with Gasteiger partial charge in [-0.15, -0.1) is 47.0 Å². The van der Waals surface area contributed by atoms with Crippen molar-refractivity contribution >= 4 is 11.0 Å². The third kappa shape index (κ3) is 5.53. The summed E-state index contributed by atoms with van der Waals surface area (Å²) in [4.78, 5) is 4.22. The van der Waals surface area contributed by atoms with Crippen molar-refractivity contribution in [3.8, 4) is 16.9 Å². The number of para-hydroxylation sites is 1. The van der Waals surface area contributed by atoms with Crippen molar-refractivity contribution in [3.05, 3.63) is 114 Å². The summed E-state index contributed by atoms with van der Waals surface area (Å²) in [7, 11) is 0. The van der Waals surface area contributed by atoms with Crippen LogP contribution in [0.2, 0.25) is 0 Å². The number of benzene rings is 3. The summed E-state index contributed by atoms with van der Waals surface area (Å²) < 4.78 is 4.85. The third-order valence-electron chi connectivity index (χ3n) is 10.7. The molecule has 0 saturated heterocycles. The van der Waals surface area contributed by atoms with Gasteiger partial charge in [0.2, 0.25) is 6.33 Å². The van der Waals surface area contributed by atoms with Crippen molar-refractivity contribution in [2.75, 3.05) is 0 Å². The second-order valence-electron chi connectivity index (χ2n) is 15.0. The standard InChI is InChI=1S/C30H37N2.C11H8N.Ir/c1-28(2)15-16-29(3,4)23-18-26-24(17-22(23)28)30(5,6)21-13-10-14-25-27(21)32(26)19-31(25)20-11-8-7-9-12-20;1-2-6-10(7-3-1)11-8-4-5-9-12-11;/h10,13-14,17,20H,7-9,11-12,15-16H2,1-6H3;1-6,8-9H;/q2*-1;+3. The van der Waals surface area contributed by atoms with Crippen LogP contribution < -0.4 is 4.57 Å². The molecule has 3 nitrogen and oxygen atoms in total. The average molecular weight is 772 g/mol. The molecule has 3 heterocycles. The molecule has 1 saturated carbocycles. The normalized spacial score (nSPS) is 19.0. The second kappa shape index (κ2) is 11.9. The SMILES string of the molecule is CC1(C)CCC(C)(C)c2cc3c([c-]c21)-[n+]1[c-]n(C2CCCCC2)c2cccc(c21)C3(C)C.[Ir+3].[c-]1ccccc1-c1ccccn1. The molecule has 0 bridgehead atoms. The molecule has 2 aromatic heterocycles. The Morgan fingerprint density at radius 3 is 2.27 bits per heavy atom. The molecule has 4 heteroatoms. The Labute approximate surface area is 283 Å². The Bertz CT molecular complexity index is 1770. The first kappa shape index (κ1) is 31.9. The van der Waals surface area contributed by atoms with E-state index in [1.165, 1.54) is 83.9 Å². The number of nitrogens with zero attached hydrogens (tertiary/aromatic N) is 3. The van der Waals surface area contributed by atoms with E-state index in [0.717, 1.165) is 11.3 Å². The van der Waals surface area contributed by atoms with Crippen LogP contribution in [0.4, 0.5) is 0 Å². The quantitative estimate of drug-likeness (QED) is 0.130. The van der Waals surface area contributed by atoms with Crippen molar-refractivity contribution in [1.82, 2.24) is 9.55 Å². The molecule has 0 unspecified atom stereocenters. The van der Waals surface area contributed by atoms with Gasteiger partial charge in [-0.05, 0) is 54.7 Å². The van der Waals surface area contributed by atoms with Gasteiger partial charge in [0.05, 0.1) is 17.1 Å². The second-order valence-corrected chi connectivity index (χ2v) is 15.0. The summed E-state index contributed by atoms with van der Waals surface area (Å²) in [5.41, 5.74) is 12.0. The van der Waals surface area contributed by atoms with E-state index in [4.69, 9.17) is 0 Å². The number of pyridine rings is 1. The number of hydrogen-bond donors (Lipinski definition) is 0. The van der Waals surface area contributed by atoms with Crippen molar-refractivity contribution in [3.63, 3.8) is 0 Å². The zero-order valence-corrected chi connectivity index (χ0v) is 30.0. The largest absolute Gasteiger partial charge is 3.00 e. The maximum Gasteiger partial charge on any atom is 3.00 e. The fourth-order valence-electron chi connectivity index (χ4n) is 7.82. The molecule has 0 amide bonds. The predicted octanol–water partition coefficient (Wildman–Crippen LogP) is 9.56. The molecule has 2 aliphatic carbocycles. The van der Waals surface area contributed by atoms with E-state index in [1.807, 2.05) is 42.5 Å². The summed E-state index contributed by atoms with van der Waals surface area (Å²) in [5.74, 6) is 0. The first-order valence-electron chi connectivity index (χ1n) is 16.6. The number of fused-ring (bicyclic) bond motifs is 3. The molecule has 0 atom stereocenters. The Morgan fingerprint density at radius 1 is 0.800 bits per heavy atom. The van der Waals surface area contributed by atoms with E-state index >= 15 is 0 Å². The summed E-state index contributed by atoms with van der Waals surface area (Å²) in [6, 6.07) is 30.9. The molecule has 0 N–H and O–H groups in total. The Hall–Kier alpha value is -3.07. The van der Waals surface area contributed by atoms with Gasteiger partial charge in [0, 0.05) is 6.20 Å². The fourth-order valence-corrected chi connectivity index (χ4v) is 7.82. The minimum absolute atomic E-state index is 0. The third-order valence-corrected chi connectivity index (χ3v) is 10.7. The van der Waals surface area contributed by atoms with Gasteiger partial charge in [0.25, 0.3) is 0 Å². The Kier molecular flexibility index (Phi) is 8.46. The Morgan fingerprint density at radius 2 is 1.56 bits per heavy atom. The molecule has 45 heavy (non-hydrogen) atoms. The van der Waals surface area contributed by atoms with Crippen LogP contribution in [0.3, 0.4) is 0 Å². The van der Waals surface area contributed by atoms with Crippen LogP contribution in [0.1, 0.15) is 115 Å². The molecule has 8 rings (SSSR count). The molecular weight excluding hydrogens is 727 g/mol. The van der Waals surface area contributed by atoms with Gasteiger partial charge in [0.15, 0.2) is 0 Å². The molecule has 0 radical (unpaired) electrons. The number of rotatable bonds is 2. The van der Waals surface area contributed by atoms with Crippen molar-refractivity contribution in [2.45, 2.75) is 109 Å². The molecule has 5 aromatic rings. The summed E-state index contributed by atoms with van der Waals surface area (Å²) in [6.07, 6.45) is 14.7. The first-order chi connectivity index (χ1) is 21.1. The van der Waals surface area contributed by atoms with E-state index in [9.17, 15) is 0 Å². The van der Waals surface area contributed by atoms with Crippen LogP contribution in [0, 0.1) is 18.5 Å². The first-order valence-corrected chi connectivity index (χ1v) is 16.6. The van der Waals surface area contributed by atoms with Crippen LogP contribution in [-0.2, 0) is 36.4 Å². The van der Waals surface area contributed by atoms with E-state index in [2.05, 4.69) is 98.4 Å². The molecule has 3 aliphatic rings. The van der Waals surface area contributed by atoms with Crippen LogP contribution in [0.25, 0.3) is 28.0 Å². The zero-order valence-electron chi connectivity index (χ0n) is 27.6. The monoisotopic (exact) mass is 772 g/mol. The van der Waals surface area contributed by atoms with Crippen molar-refractivity contribution in [1.29, 1.82) is 0 Å². The van der Waals surface area contributed by atoms with Gasteiger partial charge < -0.3 is 14.1 Å². The molecule has 3 aromatic carbocycles. The van der Waals surface area contributed by atoms with Crippen LogP contribution in [-0.4, -0.2) is 9.55 Å². The van der Waals surface area contributed by atoms with Gasteiger partial charge in [0.1, 0.15) is 0 Å². The summed E-state index contributed by atoms with van der Waals surface area (Å²) in [6.45, 7) is 14.5. The van der Waals surface area contributed by atoms with Crippen LogP contribution >= 0.6 is 0 Å². The minimum Gasteiger partial charge on any atom is -0.341 e. The van der Waals surface area contributed by atoms with E-state index in [-0.39, 0.29) is 36.4 Å². The van der Waals surface area contributed by atoms with Crippen LogP contribution in [0.15, 0.2) is 72.9 Å². The summed E-state index contributed by atoms with van der Waals surface area (Å²) >= 11 is 0. The number of aromatic nitrogens is 3. The smallest absolute Gasteiger partial charge is 0.341 e. The number of imidazole rings is 1. The van der Waals surface area contributed by atoms with E-state index in [0.29, 0.717) is 6.04 Å². The van der Waals surface area contributed by atoms with E-state index < -0.39 is 0 Å². The van der Waals surface area contributed by atoms with E-state index in [1.54, 1.807) is 6.20 Å². The topological polar surface area (TPSA) is 21.7 Å².